The number of hydrogen-bond acceptors (Lipinski definition) is 6. The second-order valence-corrected chi connectivity index (χ2v) is 12.5. The molecular formula is C32H47NO5. The van der Waals surface area contributed by atoms with E-state index in [1.807, 2.05) is 26.2 Å². The molecule has 3 aliphatic carbocycles. The van der Waals surface area contributed by atoms with Crippen LogP contribution < -0.4 is 4.74 Å². The summed E-state index contributed by atoms with van der Waals surface area (Å²) >= 11 is 0. The zero-order valence-corrected chi connectivity index (χ0v) is 24.6. The van der Waals surface area contributed by atoms with Gasteiger partial charge in [-0.1, -0.05) is 39.0 Å². The molecule has 0 saturated heterocycles. The Balaban J connectivity index is 1.64. The Labute approximate surface area is 229 Å². The van der Waals surface area contributed by atoms with E-state index in [2.05, 4.69) is 50.0 Å². The van der Waals surface area contributed by atoms with Gasteiger partial charge in [-0.05, 0) is 80.8 Å². The van der Waals surface area contributed by atoms with Crippen LogP contribution in [-0.2, 0) is 25.6 Å². The first kappa shape index (κ1) is 28.8. The molecule has 38 heavy (non-hydrogen) atoms. The normalized spacial score (nSPS) is 34.2. The number of benzene rings is 1. The van der Waals surface area contributed by atoms with Gasteiger partial charge >= 0.3 is 0 Å². The average molecular weight is 526 g/mol. The van der Waals surface area contributed by atoms with E-state index in [-0.39, 0.29) is 46.6 Å². The maximum atomic E-state index is 13.7. The molecular weight excluding hydrogens is 478 g/mol. The minimum absolute atomic E-state index is 0.0477. The fraction of sp³-hybridized carbons (Fsp3) is 0.656. The number of ketones is 1. The summed E-state index contributed by atoms with van der Waals surface area (Å²) in [4.78, 5) is 15.8. The fourth-order valence-corrected chi connectivity index (χ4v) is 7.40. The number of nitrogens with zero attached hydrogens (tertiary/aromatic N) is 1. The van der Waals surface area contributed by atoms with Crippen molar-refractivity contribution < 1.29 is 23.7 Å². The second-order valence-electron chi connectivity index (χ2n) is 12.5. The van der Waals surface area contributed by atoms with Crippen LogP contribution in [0.4, 0.5) is 0 Å². The van der Waals surface area contributed by atoms with E-state index in [0.717, 1.165) is 54.9 Å². The Bertz CT molecular complexity index is 1040. The molecule has 1 saturated carbocycles. The molecule has 0 aliphatic heterocycles. The zero-order chi connectivity index (χ0) is 27.7. The van der Waals surface area contributed by atoms with Crippen molar-refractivity contribution in [2.75, 3.05) is 42.0 Å². The van der Waals surface area contributed by atoms with Crippen molar-refractivity contribution >= 4 is 5.78 Å². The molecule has 1 aromatic carbocycles. The van der Waals surface area contributed by atoms with Gasteiger partial charge in [-0.15, -0.1) is 0 Å². The van der Waals surface area contributed by atoms with E-state index < -0.39 is 0 Å². The minimum Gasteiger partial charge on any atom is -0.501 e. The second kappa shape index (κ2) is 11.5. The van der Waals surface area contributed by atoms with Gasteiger partial charge in [0.15, 0.2) is 5.78 Å². The Morgan fingerprint density at radius 3 is 2.34 bits per heavy atom. The summed E-state index contributed by atoms with van der Waals surface area (Å²) in [6.07, 6.45) is 7.77. The number of allylic oxidation sites excluding steroid dienone is 3. The molecule has 0 aromatic heterocycles. The lowest BCUT2D eigenvalue weighted by Crippen LogP contribution is -2.53. The van der Waals surface area contributed by atoms with E-state index in [4.69, 9.17) is 18.9 Å². The molecule has 1 fully saturated rings. The van der Waals surface area contributed by atoms with Crippen LogP contribution in [0.1, 0.15) is 52.0 Å². The summed E-state index contributed by atoms with van der Waals surface area (Å²) in [5.74, 6) is 2.44. The number of Topliss-reactive ketones (excluding diaryl/α,β-unsaturated/α-hetero) is 1. The molecule has 0 heterocycles. The van der Waals surface area contributed by atoms with Gasteiger partial charge in [-0.2, -0.15) is 0 Å². The summed E-state index contributed by atoms with van der Waals surface area (Å²) in [7, 11) is 9.30. The van der Waals surface area contributed by atoms with Crippen LogP contribution in [-0.4, -0.2) is 64.9 Å². The standard InChI is InChI=1S/C32H47NO5/c1-31(2)27-18-26(36-7)24-17-22(25(30(24)34)19-33(4)5)11-14-29(37-8)32(27,3)16-15-28(31)38-20-21-9-12-23(35-6)13-10-21/h9-10,12-14,17,22,25-28H,11,15-16,18-20H2,1-8H3/b29-14+/t22-,25?,26-,27-,28+,32-/m1/s1. The number of methoxy groups -OCH3 is 3. The molecule has 2 bridgehead atoms. The van der Waals surface area contributed by atoms with Crippen molar-refractivity contribution in [2.24, 2.45) is 28.6 Å². The molecule has 1 aromatic rings. The van der Waals surface area contributed by atoms with E-state index >= 15 is 0 Å². The Kier molecular flexibility index (Phi) is 8.75. The van der Waals surface area contributed by atoms with Crippen LogP contribution in [0.25, 0.3) is 0 Å². The lowest BCUT2D eigenvalue weighted by Gasteiger charge is -2.55. The molecule has 210 valence electrons. The van der Waals surface area contributed by atoms with Crippen LogP contribution in [0.2, 0.25) is 0 Å². The van der Waals surface area contributed by atoms with Crippen molar-refractivity contribution in [3.8, 4) is 5.75 Å². The first-order chi connectivity index (χ1) is 18.0. The largest absolute Gasteiger partial charge is 0.501 e. The van der Waals surface area contributed by atoms with Gasteiger partial charge in [-0.25, -0.2) is 0 Å². The van der Waals surface area contributed by atoms with E-state index in [0.29, 0.717) is 6.61 Å². The topological polar surface area (TPSA) is 57.2 Å². The van der Waals surface area contributed by atoms with Crippen LogP contribution in [0.5, 0.6) is 5.75 Å². The van der Waals surface area contributed by atoms with E-state index in [1.165, 1.54) is 0 Å². The Morgan fingerprint density at radius 2 is 1.74 bits per heavy atom. The number of rotatable bonds is 8. The monoisotopic (exact) mass is 525 g/mol. The highest BCUT2D eigenvalue weighted by Crippen LogP contribution is 2.58. The summed E-state index contributed by atoms with van der Waals surface area (Å²) in [6, 6.07) is 8.08. The highest BCUT2D eigenvalue weighted by molar-refractivity contribution is 6.01. The van der Waals surface area contributed by atoms with Crippen molar-refractivity contribution in [3.63, 3.8) is 0 Å². The molecule has 0 amide bonds. The van der Waals surface area contributed by atoms with Crippen LogP contribution >= 0.6 is 0 Å². The lowest BCUT2D eigenvalue weighted by molar-refractivity contribution is -0.141. The zero-order valence-electron chi connectivity index (χ0n) is 24.6. The Morgan fingerprint density at radius 1 is 1.03 bits per heavy atom. The quantitative estimate of drug-likeness (QED) is 0.436. The molecule has 6 atom stereocenters. The van der Waals surface area contributed by atoms with Crippen molar-refractivity contribution in [2.45, 2.75) is 65.3 Å². The van der Waals surface area contributed by atoms with Gasteiger partial charge in [-0.3, -0.25) is 4.79 Å². The van der Waals surface area contributed by atoms with Gasteiger partial charge < -0.3 is 23.8 Å². The summed E-state index contributed by atoms with van der Waals surface area (Å²) in [6.45, 7) is 8.28. The molecule has 0 N–H and O–H groups in total. The van der Waals surface area contributed by atoms with Crippen LogP contribution in [0, 0.1) is 28.6 Å². The molecule has 6 heteroatoms. The summed E-state index contributed by atoms with van der Waals surface area (Å²) in [5.41, 5.74) is 1.65. The van der Waals surface area contributed by atoms with E-state index in [9.17, 15) is 4.79 Å². The molecule has 3 aliphatic rings. The molecule has 4 rings (SSSR count). The van der Waals surface area contributed by atoms with Gasteiger partial charge in [0.05, 0.1) is 38.8 Å². The maximum absolute atomic E-state index is 13.7. The summed E-state index contributed by atoms with van der Waals surface area (Å²) in [5, 5.41) is 0. The predicted octanol–water partition coefficient (Wildman–Crippen LogP) is 5.67. The first-order valence-electron chi connectivity index (χ1n) is 14.0. The van der Waals surface area contributed by atoms with Crippen molar-refractivity contribution in [1.29, 1.82) is 0 Å². The van der Waals surface area contributed by atoms with Crippen molar-refractivity contribution in [1.82, 2.24) is 4.90 Å². The third kappa shape index (κ3) is 5.45. The van der Waals surface area contributed by atoms with Crippen LogP contribution in [0.15, 0.2) is 47.7 Å². The molecule has 0 radical (unpaired) electrons. The first-order valence-corrected chi connectivity index (χ1v) is 14.0. The van der Waals surface area contributed by atoms with Gasteiger partial charge in [0.25, 0.3) is 0 Å². The summed E-state index contributed by atoms with van der Waals surface area (Å²) < 4.78 is 24.2. The van der Waals surface area contributed by atoms with Crippen LogP contribution in [0.3, 0.4) is 0 Å². The van der Waals surface area contributed by atoms with Gasteiger partial charge in [0.2, 0.25) is 0 Å². The predicted molar refractivity (Wildman–Crippen MR) is 150 cm³/mol. The number of carbonyl (C=O) groups excluding carboxylic acids is 1. The van der Waals surface area contributed by atoms with Crippen molar-refractivity contribution in [3.05, 3.63) is 53.3 Å². The highest BCUT2D eigenvalue weighted by Gasteiger charge is 2.55. The number of fused-ring (bicyclic) bond motifs is 2. The third-order valence-corrected chi connectivity index (χ3v) is 9.57. The minimum atomic E-state index is -0.239. The number of carbonyl (C=O) groups is 1. The van der Waals surface area contributed by atoms with Gasteiger partial charge in [0, 0.05) is 30.6 Å². The van der Waals surface area contributed by atoms with Gasteiger partial charge in [0.1, 0.15) is 5.75 Å². The fourth-order valence-electron chi connectivity index (χ4n) is 7.40. The number of ether oxygens (including phenoxy) is 4. The average Bonchev–Trinajstić information content (AvgIpc) is 3.18. The molecule has 1 unspecified atom stereocenters. The molecule has 0 spiro atoms. The lowest BCUT2D eigenvalue weighted by atomic mass is 9.52. The Hall–Kier alpha value is -2.15. The number of hydrogen-bond donors (Lipinski definition) is 0. The SMILES string of the molecule is CO/C1=C/C[C@@H]2C=C(C(=O)C2CN(C)C)[C@H](OC)C[C@@H]2C(C)(C)[C@@H](OCc3ccc(OC)cc3)CC[C@@]12C. The third-order valence-electron chi connectivity index (χ3n) is 9.57. The smallest absolute Gasteiger partial charge is 0.166 e. The molecule has 6 nitrogen and oxygen atoms in total. The maximum Gasteiger partial charge on any atom is 0.166 e. The highest BCUT2D eigenvalue weighted by atomic mass is 16.5. The van der Waals surface area contributed by atoms with E-state index in [1.54, 1.807) is 21.3 Å².